The van der Waals surface area contributed by atoms with Crippen molar-refractivity contribution in [2.75, 3.05) is 33.0 Å². The smallest absolute Gasteiger partial charge is 0.292 e. The Morgan fingerprint density at radius 3 is 2.80 bits per heavy atom. The topological polar surface area (TPSA) is 110 Å². The molecule has 0 spiro atoms. The van der Waals surface area contributed by atoms with Crippen molar-refractivity contribution >= 4 is 22.4 Å². The summed E-state index contributed by atoms with van der Waals surface area (Å²) in [6, 6.07) is 10.2. The van der Waals surface area contributed by atoms with Crippen LogP contribution in [0.1, 0.15) is 0 Å². The zero-order valence-corrected chi connectivity index (χ0v) is 14.0. The molecule has 8 heteroatoms. The first-order valence-electron chi connectivity index (χ1n) is 7.75. The van der Waals surface area contributed by atoms with Crippen LogP contribution in [0.2, 0.25) is 0 Å². The van der Waals surface area contributed by atoms with Gasteiger partial charge in [0.1, 0.15) is 23.9 Å². The van der Waals surface area contributed by atoms with E-state index in [-0.39, 0.29) is 11.4 Å². The molecule has 2 aromatic carbocycles. The summed E-state index contributed by atoms with van der Waals surface area (Å²) in [7, 11) is 3.97. The molecule has 0 radical (unpaired) electrons. The fourth-order valence-electron chi connectivity index (χ4n) is 2.41. The zero-order valence-electron chi connectivity index (χ0n) is 14.0. The molecule has 0 aliphatic heterocycles. The summed E-state index contributed by atoms with van der Waals surface area (Å²) in [5.41, 5.74) is 7.80. The molecule has 0 aliphatic rings. The largest absolute Gasteiger partial charge is 0.492 e. The molecule has 0 atom stereocenters. The predicted octanol–water partition coefficient (Wildman–Crippen LogP) is 2.66. The maximum atomic E-state index is 11.0. The van der Waals surface area contributed by atoms with Gasteiger partial charge in [0.25, 0.3) is 5.69 Å². The lowest BCUT2D eigenvalue weighted by atomic mass is 10.1. The van der Waals surface area contributed by atoms with Crippen LogP contribution >= 0.6 is 0 Å². The average Bonchev–Trinajstić information content (AvgIpc) is 2.98. The molecule has 8 nitrogen and oxygen atoms in total. The number of anilines is 1. The molecule has 0 saturated carbocycles. The van der Waals surface area contributed by atoms with Gasteiger partial charge in [0.2, 0.25) is 0 Å². The van der Waals surface area contributed by atoms with Crippen LogP contribution in [0.15, 0.2) is 36.4 Å². The van der Waals surface area contributed by atoms with Gasteiger partial charge >= 0.3 is 0 Å². The van der Waals surface area contributed by atoms with Gasteiger partial charge in [-0.2, -0.15) is 0 Å². The summed E-state index contributed by atoms with van der Waals surface area (Å²) in [5, 5.41) is 11.0. The Kier molecular flexibility index (Phi) is 4.53. The van der Waals surface area contributed by atoms with E-state index >= 15 is 0 Å². The Labute approximate surface area is 144 Å². The minimum atomic E-state index is -0.502. The van der Waals surface area contributed by atoms with Gasteiger partial charge in [-0.15, -0.1) is 0 Å². The van der Waals surface area contributed by atoms with Crippen molar-refractivity contribution in [3.63, 3.8) is 0 Å². The molecule has 130 valence electrons. The van der Waals surface area contributed by atoms with Crippen molar-refractivity contribution in [1.29, 1.82) is 0 Å². The number of imidazole rings is 1. The van der Waals surface area contributed by atoms with Gasteiger partial charge in [-0.05, 0) is 38.4 Å². The average molecular weight is 341 g/mol. The highest BCUT2D eigenvalue weighted by Crippen LogP contribution is 2.29. The van der Waals surface area contributed by atoms with Crippen LogP contribution in [0.3, 0.4) is 0 Å². The number of aromatic amines is 1. The van der Waals surface area contributed by atoms with E-state index in [1.165, 1.54) is 12.1 Å². The maximum absolute atomic E-state index is 11.0. The van der Waals surface area contributed by atoms with Crippen LogP contribution in [-0.2, 0) is 0 Å². The third kappa shape index (κ3) is 3.69. The van der Waals surface area contributed by atoms with E-state index in [0.717, 1.165) is 23.3 Å². The zero-order chi connectivity index (χ0) is 18.0. The highest BCUT2D eigenvalue weighted by molar-refractivity contribution is 5.81. The van der Waals surface area contributed by atoms with Crippen LogP contribution in [0.4, 0.5) is 11.4 Å². The molecule has 0 fully saturated rings. The minimum absolute atomic E-state index is 0.126. The fraction of sp³-hybridized carbons (Fsp3) is 0.235. The minimum Gasteiger partial charge on any atom is -0.492 e. The normalized spacial score (nSPS) is 11.2. The predicted molar refractivity (Wildman–Crippen MR) is 96.6 cm³/mol. The number of nitrogens with two attached hydrogens (primary N) is 1. The number of nitrogen functional groups attached to an aromatic ring is 1. The van der Waals surface area contributed by atoms with E-state index < -0.39 is 4.92 Å². The molecular formula is C17H19N5O3. The molecule has 3 rings (SSSR count). The van der Waals surface area contributed by atoms with Gasteiger partial charge in [-0.3, -0.25) is 10.1 Å². The standard InChI is InChI=1S/C17H19N5O3/c1-21(2)7-8-25-12-4-6-14-15(10-12)20-17(19-14)11-3-5-13(18)16(9-11)22(23)24/h3-6,9-10H,7-8,18H2,1-2H3,(H,19,20). The molecular weight excluding hydrogens is 322 g/mol. The van der Waals surface area contributed by atoms with Crippen LogP contribution < -0.4 is 10.5 Å². The lowest BCUT2D eigenvalue weighted by Gasteiger charge is -2.10. The number of H-pyrrole nitrogens is 1. The number of fused-ring (bicyclic) bond motifs is 1. The van der Waals surface area contributed by atoms with Crippen molar-refractivity contribution < 1.29 is 9.66 Å². The lowest BCUT2D eigenvalue weighted by molar-refractivity contribution is -0.383. The second-order valence-corrected chi connectivity index (χ2v) is 5.95. The quantitative estimate of drug-likeness (QED) is 0.405. The second kappa shape index (κ2) is 6.78. The number of nitro benzene ring substituents is 1. The van der Waals surface area contributed by atoms with Crippen LogP contribution in [0, 0.1) is 10.1 Å². The molecule has 3 aromatic rings. The summed E-state index contributed by atoms with van der Waals surface area (Å²) < 4.78 is 5.71. The maximum Gasteiger partial charge on any atom is 0.292 e. The molecule has 0 aliphatic carbocycles. The number of hydrogen-bond donors (Lipinski definition) is 2. The molecule has 0 saturated heterocycles. The van der Waals surface area contributed by atoms with Crippen LogP contribution in [-0.4, -0.2) is 47.0 Å². The van der Waals surface area contributed by atoms with Crippen molar-refractivity contribution in [3.8, 4) is 17.1 Å². The number of nitrogens with zero attached hydrogens (tertiary/aromatic N) is 3. The van der Waals surface area contributed by atoms with Crippen molar-refractivity contribution in [1.82, 2.24) is 14.9 Å². The van der Waals surface area contributed by atoms with Crippen LogP contribution in [0.25, 0.3) is 22.4 Å². The third-order valence-corrected chi connectivity index (χ3v) is 3.76. The summed E-state index contributed by atoms with van der Waals surface area (Å²) in [4.78, 5) is 20.2. The number of likely N-dealkylation sites (N-methyl/N-ethyl adjacent to an activating group) is 1. The Morgan fingerprint density at radius 1 is 1.28 bits per heavy atom. The first kappa shape index (κ1) is 16.7. The number of aromatic nitrogens is 2. The van der Waals surface area contributed by atoms with E-state index in [4.69, 9.17) is 10.5 Å². The number of ether oxygens (including phenoxy) is 1. The van der Waals surface area contributed by atoms with Gasteiger partial charge in [0.15, 0.2) is 0 Å². The van der Waals surface area contributed by atoms with Crippen molar-refractivity contribution in [3.05, 3.63) is 46.5 Å². The Balaban J connectivity index is 1.88. The molecule has 3 N–H and O–H groups in total. The molecule has 0 amide bonds. The van der Waals surface area contributed by atoms with Crippen molar-refractivity contribution in [2.24, 2.45) is 0 Å². The summed E-state index contributed by atoms with van der Waals surface area (Å²) in [5.74, 6) is 1.29. The summed E-state index contributed by atoms with van der Waals surface area (Å²) in [6.45, 7) is 1.41. The second-order valence-electron chi connectivity index (χ2n) is 5.95. The summed E-state index contributed by atoms with van der Waals surface area (Å²) in [6.07, 6.45) is 0. The number of rotatable bonds is 6. The van der Waals surface area contributed by atoms with E-state index in [0.29, 0.717) is 18.0 Å². The number of hydrogen-bond acceptors (Lipinski definition) is 6. The number of benzene rings is 2. The van der Waals surface area contributed by atoms with Gasteiger partial charge in [-0.25, -0.2) is 4.98 Å². The fourth-order valence-corrected chi connectivity index (χ4v) is 2.41. The molecule has 25 heavy (non-hydrogen) atoms. The molecule has 1 aromatic heterocycles. The number of nitrogens with one attached hydrogen (secondary N) is 1. The number of nitro groups is 1. The van der Waals surface area contributed by atoms with E-state index in [2.05, 4.69) is 9.97 Å². The summed E-state index contributed by atoms with van der Waals surface area (Å²) >= 11 is 0. The van der Waals surface area contributed by atoms with E-state index in [1.807, 2.05) is 37.2 Å². The van der Waals surface area contributed by atoms with Crippen molar-refractivity contribution in [2.45, 2.75) is 0 Å². The first-order chi connectivity index (χ1) is 11.9. The monoisotopic (exact) mass is 341 g/mol. The van der Waals surface area contributed by atoms with Gasteiger partial charge < -0.3 is 20.4 Å². The third-order valence-electron chi connectivity index (χ3n) is 3.76. The van der Waals surface area contributed by atoms with E-state index in [1.54, 1.807) is 6.07 Å². The van der Waals surface area contributed by atoms with Gasteiger partial charge in [-0.1, -0.05) is 0 Å². The molecule has 0 unspecified atom stereocenters. The molecule has 1 heterocycles. The Morgan fingerprint density at radius 2 is 2.08 bits per heavy atom. The Bertz CT molecular complexity index is 920. The van der Waals surface area contributed by atoms with E-state index in [9.17, 15) is 10.1 Å². The van der Waals surface area contributed by atoms with Gasteiger partial charge in [0.05, 0.1) is 16.0 Å². The lowest BCUT2D eigenvalue weighted by Crippen LogP contribution is -2.19. The highest BCUT2D eigenvalue weighted by Gasteiger charge is 2.15. The Hall–Kier alpha value is -3.13. The first-order valence-corrected chi connectivity index (χ1v) is 7.75. The molecule has 0 bridgehead atoms. The highest BCUT2D eigenvalue weighted by atomic mass is 16.6. The van der Waals surface area contributed by atoms with Crippen LogP contribution in [0.5, 0.6) is 5.75 Å². The van der Waals surface area contributed by atoms with Gasteiger partial charge in [0, 0.05) is 24.2 Å². The SMILES string of the molecule is CN(C)CCOc1ccc2nc(-c3ccc(N)c([N+](=O)[O-])c3)[nH]c2c1.